The number of fused-ring (bicyclic) bond motifs is 1. The number of aromatic nitrogens is 1. The summed E-state index contributed by atoms with van der Waals surface area (Å²) in [4.78, 5) is 19.0. The highest BCUT2D eigenvalue weighted by molar-refractivity contribution is 7.07. The van der Waals surface area contributed by atoms with Crippen LogP contribution < -0.4 is 23.9 Å². The SMILES string of the molecule is O=C1OCCN1c1ccc(-c2csc(=NCc3ccc4c(c3)OCO4)n2/N=C/c2cc(F)ccc2Oc2ccc(F)cc2Cl)cc1. The third kappa shape index (κ3) is 6.17. The predicted molar refractivity (Wildman–Crippen MR) is 169 cm³/mol. The van der Waals surface area contributed by atoms with Gasteiger partial charge in [0.1, 0.15) is 29.7 Å². The summed E-state index contributed by atoms with van der Waals surface area (Å²) in [6.45, 7) is 1.33. The van der Waals surface area contributed by atoms with E-state index < -0.39 is 11.6 Å². The fourth-order valence-corrected chi connectivity index (χ4v) is 5.91. The molecule has 9 nitrogen and oxygen atoms in total. The maximum atomic E-state index is 14.4. The molecule has 2 aliphatic heterocycles. The Morgan fingerprint density at radius 2 is 1.70 bits per heavy atom. The van der Waals surface area contributed by atoms with Crippen molar-refractivity contribution in [2.45, 2.75) is 6.54 Å². The Hall–Kier alpha value is -5.20. The van der Waals surface area contributed by atoms with Crippen LogP contribution in [0.4, 0.5) is 19.3 Å². The molecule has 0 saturated carbocycles. The number of carbonyl (C=O) groups is 1. The second-order valence-electron chi connectivity index (χ2n) is 10.1. The molecule has 1 fully saturated rings. The zero-order valence-corrected chi connectivity index (χ0v) is 25.4. The third-order valence-electron chi connectivity index (χ3n) is 7.15. The number of hydrogen-bond donors (Lipinski definition) is 0. The molecule has 1 amide bonds. The van der Waals surface area contributed by atoms with E-state index in [1.54, 1.807) is 9.58 Å². The monoisotopic (exact) mass is 660 g/mol. The van der Waals surface area contributed by atoms with Crippen LogP contribution in [0.1, 0.15) is 11.1 Å². The van der Waals surface area contributed by atoms with Gasteiger partial charge in [0.2, 0.25) is 11.6 Å². The third-order valence-corrected chi connectivity index (χ3v) is 8.30. The number of rotatable bonds is 8. The van der Waals surface area contributed by atoms with Crippen LogP contribution in [0.5, 0.6) is 23.0 Å². The Balaban J connectivity index is 1.25. The van der Waals surface area contributed by atoms with Crippen LogP contribution in [-0.4, -0.2) is 36.9 Å². The second-order valence-corrected chi connectivity index (χ2v) is 11.4. The van der Waals surface area contributed by atoms with E-state index in [1.165, 1.54) is 47.9 Å². The summed E-state index contributed by atoms with van der Waals surface area (Å²) in [5.41, 5.74) is 3.46. The van der Waals surface area contributed by atoms with E-state index in [2.05, 4.69) is 0 Å². The molecule has 5 aromatic rings. The summed E-state index contributed by atoms with van der Waals surface area (Å²) in [6, 6.07) is 20.8. The number of hydrogen-bond acceptors (Lipinski definition) is 8. The highest BCUT2D eigenvalue weighted by Gasteiger charge is 2.23. The molecule has 13 heteroatoms. The zero-order valence-electron chi connectivity index (χ0n) is 23.9. The molecule has 0 unspecified atom stereocenters. The van der Waals surface area contributed by atoms with Gasteiger partial charge in [0.15, 0.2) is 11.5 Å². The Labute approximate surface area is 270 Å². The highest BCUT2D eigenvalue weighted by Crippen LogP contribution is 2.34. The molecule has 3 heterocycles. The van der Waals surface area contributed by atoms with Gasteiger partial charge in [-0.2, -0.15) is 5.10 Å². The van der Waals surface area contributed by atoms with Crippen LogP contribution in [0.2, 0.25) is 5.02 Å². The van der Waals surface area contributed by atoms with Gasteiger partial charge in [0.25, 0.3) is 0 Å². The fraction of sp³-hybridized carbons (Fsp3) is 0.121. The maximum absolute atomic E-state index is 14.4. The fourth-order valence-electron chi connectivity index (χ4n) is 4.87. The molecule has 2 aliphatic rings. The first kappa shape index (κ1) is 29.5. The molecule has 4 aromatic carbocycles. The average molecular weight is 661 g/mol. The van der Waals surface area contributed by atoms with Crippen LogP contribution in [0.3, 0.4) is 0 Å². The van der Waals surface area contributed by atoms with E-state index in [1.807, 2.05) is 47.8 Å². The predicted octanol–water partition coefficient (Wildman–Crippen LogP) is 7.61. The standard InChI is InChI=1S/C33H23ClF2N4O5S/c34-26-15-24(36)5-10-29(26)45-28-9-4-23(35)14-22(28)17-38-40-27(21-2-6-25(7-3-21)39-11-12-42-33(39)41)18-46-32(40)37-16-20-1-8-30-31(13-20)44-19-43-30/h1-10,13-15,17-18H,11-12,16,19H2/b37-32?,38-17+. The minimum Gasteiger partial charge on any atom is -0.455 e. The van der Waals surface area contributed by atoms with Crippen molar-refractivity contribution >= 4 is 40.9 Å². The number of thiazole rings is 1. The Morgan fingerprint density at radius 3 is 2.48 bits per heavy atom. The van der Waals surface area contributed by atoms with Crippen molar-refractivity contribution in [2.75, 3.05) is 24.8 Å². The van der Waals surface area contributed by atoms with Crippen molar-refractivity contribution in [2.24, 2.45) is 10.1 Å². The van der Waals surface area contributed by atoms with Gasteiger partial charge >= 0.3 is 6.09 Å². The van der Waals surface area contributed by atoms with E-state index >= 15 is 0 Å². The number of carbonyl (C=O) groups excluding carboxylic acids is 1. The normalized spacial score (nSPS) is 14.4. The van der Waals surface area contributed by atoms with E-state index in [0.717, 1.165) is 17.2 Å². The Morgan fingerprint density at radius 1 is 0.913 bits per heavy atom. The minimum atomic E-state index is -0.509. The van der Waals surface area contributed by atoms with Crippen LogP contribution in [0.15, 0.2) is 94.3 Å². The summed E-state index contributed by atoms with van der Waals surface area (Å²) in [5, 5.41) is 6.69. The summed E-state index contributed by atoms with van der Waals surface area (Å²) in [7, 11) is 0. The molecule has 1 saturated heterocycles. The van der Waals surface area contributed by atoms with Gasteiger partial charge in [-0.05, 0) is 66.2 Å². The van der Waals surface area contributed by atoms with E-state index in [9.17, 15) is 13.6 Å². The molecular formula is C33H23ClF2N4O5S. The Kier molecular flexibility index (Phi) is 8.12. The second kappa shape index (κ2) is 12.7. The first-order valence-electron chi connectivity index (χ1n) is 14.0. The van der Waals surface area contributed by atoms with Gasteiger partial charge < -0.3 is 18.9 Å². The highest BCUT2D eigenvalue weighted by atomic mass is 35.5. The van der Waals surface area contributed by atoms with Crippen molar-refractivity contribution < 1.29 is 32.5 Å². The zero-order chi connectivity index (χ0) is 31.6. The lowest BCUT2D eigenvalue weighted by molar-refractivity contribution is 0.174. The summed E-state index contributed by atoms with van der Waals surface area (Å²) >= 11 is 7.55. The molecule has 0 aliphatic carbocycles. The van der Waals surface area contributed by atoms with Crippen molar-refractivity contribution in [1.29, 1.82) is 0 Å². The van der Waals surface area contributed by atoms with Crippen LogP contribution in [0.25, 0.3) is 11.3 Å². The number of benzene rings is 4. The summed E-state index contributed by atoms with van der Waals surface area (Å²) in [5.74, 6) is 0.796. The minimum absolute atomic E-state index is 0.0666. The topological polar surface area (TPSA) is 86.9 Å². The molecule has 1 aromatic heterocycles. The molecule has 232 valence electrons. The van der Waals surface area contributed by atoms with Crippen LogP contribution >= 0.6 is 22.9 Å². The molecule has 7 rings (SSSR count). The van der Waals surface area contributed by atoms with Gasteiger partial charge in [-0.25, -0.2) is 18.3 Å². The number of halogens is 3. The summed E-state index contributed by atoms with van der Waals surface area (Å²) < 4.78 is 51.6. The number of cyclic esters (lactones) is 1. The van der Waals surface area contributed by atoms with Gasteiger partial charge in [-0.1, -0.05) is 29.8 Å². The quantitative estimate of drug-likeness (QED) is 0.160. The van der Waals surface area contributed by atoms with Crippen molar-refractivity contribution in [3.8, 4) is 34.3 Å². The van der Waals surface area contributed by atoms with Crippen molar-refractivity contribution in [3.05, 3.63) is 117 Å². The van der Waals surface area contributed by atoms with Gasteiger partial charge in [0.05, 0.1) is 30.0 Å². The van der Waals surface area contributed by atoms with E-state index in [4.69, 9.17) is 40.6 Å². The smallest absolute Gasteiger partial charge is 0.414 e. The molecule has 0 atom stereocenters. The maximum Gasteiger partial charge on any atom is 0.414 e. The largest absolute Gasteiger partial charge is 0.455 e. The number of nitrogens with zero attached hydrogens (tertiary/aromatic N) is 4. The molecule has 46 heavy (non-hydrogen) atoms. The van der Waals surface area contributed by atoms with Gasteiger partial charge in [-0.3, -0.25) is 9.89 Å². The first-order valence-corrected chi connectivity index (χ1v) is 15.3. The van der Waals surface area contributed by atoms with Gasteiger partial charge in [-0.15, -0.1) is 11.3 Å². The van der Waals surface area contributed by atoms with Crippen molar-refractivity contribution in [1.82, 2.24) is 4.68 Å². The van der Waals surface area contributed by atoms with Gasteiger partial charge in [0, 0.05) is 22.2 Å². The Bertz CT molecular complexity index is 2050. The molecule has 0 N–H and O–H groups in total. The molecule has 0 radical (unpaired) electrons. The lowest BCUT2D eigenvalue weighted by Crippen LogP contribution is -2.23. The first-order chi connectivity index (χ1) is 22.4. The van der Waals surface area contributed by atoms with E-state index in [-0.39, 0.29) is 29.4 Å². The number of anilines is 1. The molecular weight excluding hydrogens is 638 g/mol. The average Bonchev–Trinajstić information content (AvgIpc) is 3.81. The number of ether oxygens (including phenoxy) is 4. The van der Waals surface area contributed by atoms with Crippen molar-refractivity contribution in [3.63, 3.8) is 0 Å². The van der Waals surface area contributed by atoms with Crippen LogP contribution in [-0.2, 0) is 11.3 Å². The van der Waals surface area contributed by atoms with E-state index in [0.29, 0.717) is 52.9 Å². The van der Waals surface area contributed by atoms with Crippen LogP contribution in [0, 0.1) is 11.6 Å². The lowest BCUT2D eigenvalue weighted by atomic mass is 10.1. The molecule has 0 bridgehead atoms. The number of amides is 1. The molecule has 0 spiro atoms. The summed E-state index contributed by atoms with van der Waals surface area (Å²) in [6.07, 6.45) is 1.07. The lowest BCUT2D eigenvalue weighted by Gasteiger charge is -2.13.